The number of anilines is 1. The number of aryl methyl sites for hydroxylation is 2. The number of nitrogen functional groups attached to an aromatic ring is 1. The smallest absolute Gasteiger partial charge is 0.268 e. The van der Waals surface area contributed by atoms with Crippen LogP contribution in [0.1, 0.15) is 40.1 Å². The van der Waals surface area contributed by atoms with E-state index in [1.54, 1.807) is 23.6 Å². The van der Waals surface area contributed by atoms with E-state index in [0.717, 1.165) is 11.4 Å². The number of carbonyl (C=O) groups excluding carboxylic acids is 1. The number of carbonyl (C=O) groups is 1. The summed E-state index contributed by atoms with van der Waals surface area (Å²) >= 11 is 1.70. The van der Waals surface area contributed by atoms with Crippen molar-refractivity contribution in [1.82, 2.24) is 9.88 Å². The molecule has 0 spiro atoms. The molecule has 2 aromatic rings. The first-order valence-electron chi connectivity index (χ1n) is 6.34. The molecule has 3 N–H and O–H groups in total. The largest absolute Gasteiger partial charge is 0.397 e. The van der Waals surface area contributed by atoms with Crippen LogP contribution in [0.5, 0.6) is 0 Å². The van der Waals surface area contributed by atoms with Crippen molar-refractivity contribution in [2.45, 2.75) is 33.4 Å². The summed E-state index contributed by atoms with van der Waals surface area (Å²) in [5, 5.41) is 3.01. The molecule has 1 unspecified atom stereocenters. The number of nitrogens with two attached hydrogens (primary N) is 1. The topological polar surface area (TPSA) is 60.0 Å². The quantitative estimate of drug-likeness (QED) is 0.902. The Hall–Kier alpha value is -1.75. The van der Waals surface area contributed by atoms with Gasteiger partial charge in [0.2, 0.25) is 0 Å². The summed E-state index contributed by atoms with van der Waals surface area (Å²) < 4.78 is 1.86. The molecule has 0 fully saturated rings. The summed E-state index contributed by atoms with van der Waals surface area (Å²) in [5.41, 5.74) is 6.97. The van der Waals surface area contributed by atoms with E-state index in [9.17, 15) is 4.79 Å². The molecule has 2 rings (SSSR count). The lowest BCUT2D eigenvalue weighted by atomic mass is 10.2. The van der Waals surface area contributed by atoms with E-state index in [4.69, 9.17) is 5.73 Å². The van der Waals surface area contributed by atoms with Crippen molar-refractivity contribution in [2.24, 2.45) is 0 Å². The highest BCUT2D eigenvalue weighted by atomic mass is 32.1. The van der Waals surface area contributed by atoms with E-state index >= 15 is 0 Å². The third-order valence-electron chi connectivity index (χ3n) is 3.03. The zero-order valence-corrected chi connectivity index (χ0v) is 12.3. The van der Waals surface area contributed by atoms with Crippen molar-refractivity contribution >= 4 is 22.9 Å². The number of rotatable bonds is 4. The van der Waals surface area contributed by atoms with Crippen LogP contribution in [-0.4, -0.2) is 10.5 Å². The van der Waals surface area contributed by atoms with Crippen LogP contribution < -0.4 is 11.1 Å². The SMILES string of the molecule is CCn1cc(N)cc1C(=O)NC(C)c1ccc(C)s1. The number of nitrogens with one attached hydrogen (secondary N) is 1. The van der Waals surface area contributed by atoms with E-state index in [0.29, 0.717) is 11.4 Å². The Balaban J connectivity index is 2.12. The molecule has 0 aliphatic rings. The molecule has 102 valence electrons. The molecule has 1 atom stereocenters. The third-order valence-corrected chi connectivity index (χ3v) is 4.21. The van der Waals surface area contributed by atoms with Gasteiger partial charge in [-0.2, -0.15) is 0 Å². The molecule has 0 radical (unpaired) electrons. The minimum absolute atomic E-state index is 0.00707. The standard InChI is InChI=1S/C14H19N3OS/c1-4-17-8-11(15)7-12(17)14(18)16-10(3)13-6-5-9(2)19-13/h5-8,10H,4,15H2,1-3H3,(H,16,18). The summed E-state index contributed by atoms with van der Waals surface area (Å²) in [4.78, 5) is 14.7. The van der Waals surface area contributed by atoms with Crippen LogP contribution in [0.4, 0.5) is 5.69 Å². The molecule has 5 heteroatoms. The first-order chi connectivity index (χ1) is 9.01. The molecule has 0 bridgehead atoms. The Morgan fingerprint density at radius 3 is 2.84 bits per heavy atom. The molecule has 0 saturated carbocycles. The number of thiophene rings is 1. The Kier molecular flexibility index (Phi) is 3.95. The monoisotopic (exact) mass is 277 g/mol. The van der Waals surface area contributed by atoms with Gasteiger partial charge < -0.3 is 15.6 Å². The molecule has 2 aromatic heterocycles. The van der Waals surface area contributed by atoms with Gasteiger partial charge in [-0.1, -0.05) is 0 Å². The lowest BCUT2D eigenvalue weighted by molar-refractivity contribution is 0.0931. The van der Waals surface area contributed by atoms with E-state index in [2.05, 4.69) is 24.4 Å². The maximum atomic E-state index is 12.2. The summed E-state index contributed by atoms with van der Waals surface area (Å²) in [6.45, 7) is 6.77. The van der Waals surface area contributed by atoms with Crippen molar-refractivity contribution in [3.63, 3.8) is 0 Å². The average molecular weight is 277 g/mol. The van der Waals surface area contributed by atoms with Crippen LogP contribution in [0.15, 0.2) is 24.4 Å². The maximum Gasteiger partial charge on any atom is 0.268 e. The highest BCUT2D eigenvalue weighted by Gasteiger charge is 2.16. The van der Waals surface area contributed by atoms with Crippen molar-refractivity contribution in [2.75, 3.05) is 5.73 Å². The van der Waals surface area contributed by atoms with Crippen LogP contribution >= 0.6 is 11.3 Å². The van der Waals surface area contributed by atoms with Crippen LogP contribution in [0, 0.1) is 6.92 Å². The molecular weight excluding hydrogens is 258 g/mol. The third kappa shape index (κ3) is 2.98. The number of hydrogen-bond acceptors (Lipinski definition) is 3. The molecular formula is C14H19N3OS. The second-order valence-electron chi connectivity index (χ2n) is 4.59. The molecule has 0 aliphatic heterocycles. The van der Waals surface area contributed by atoms with Crippen LogP contribution in [-0.2, 0) is 6.54 Å². The summed E-state index contributed by atoms with van der Waals surface area (Å²) in [6.07, 6.45) is 1.79. The normalized spacial score (nSPS) is 12.4. The number of aromatic nitrogens is 1. The van der Waals surface area contributed by atoms with Crippen LogP contribution in [0.25, 0.3) is 0 Å². The lowest BCUT2D eigenvalue weighted by Gasteiger charge is -2.13. The van der Waals surface area contributed by atoms with Gasteiger partial charge in [-0.05, 0) is 39.0 Å². The molecule has 1 amide bonds. The predicted molar refractivity (Wildman–Crippen MR) is 79.5 cm³/mol. The zero-order chi connectivity index (χ0) is 14.0. The van der Waals surface area contributed by atoms with Gasteiger partial charge in [0.05, 0.1) is 11.7 Å². The summed E-state index contributed by atoms with van der Waals surface area (Å²) in [6, 6.07) is 5.84. The molecule has 0 saturated heterocycles. The fraction of sp³-hybridized carbons (Fsp3) is 0.357. The molecule has 0 aromatic carbocycles. The van der Waals surface area contributed by atoms with E-state index in [1.165, 1.54) is 4.88 Å². The second-order valence-corrected chi connectivity index (χ2v) is 5.91. The first-order valence-corrected chi connectivity index (χ1v) is 7.15. The molecule has 4 nitrogen and oxygen atoms in total. The highest BCUT2D eigenvalue weighted by Crippen LogP contribution is 2.22. The predicted octanol–water partition coefficient (Wildman–Crippen LogP) is 2.95. The Labute approximate surface area is 117 Å². The van der Waals surface area contributed by atoms with Crippen molar-refractivity contribution in [1.29, 1.82) is 0 Å². The van der Waals surface area contributed by atoms with Gasteiger partial charge in [0.15, 0.2) is 0 Å². The zero-order valence-electron chi connectivity index (χ0n) is 11.4. The maximum absolute atomic E-state index is 12.2. The van der Waals surface area contributed by atoms with Gasteiger partial charge in [0.1, 0.15) is 5.69 Å². The van der Waals surface area contributed by atoms with Crippen molar-refractivity contribution < 1.29 is 4.79 Å². The fourth-order valence-electron chi connectivity index (χ4n) is 2.01. The Bertz CT molecular complexity index is 585. The minimum atomic E-state index is -0.0860. The highest BCUT2D eigenvalue weighted by molar-refractivity contribution is 7.12. The van der Waals surface area contributed by atoms with Crippen LogP contribution in [0.2, 0.25) is 0 Å². The molecule has 0 aliphatic carbocycles. The van der Waals surface area contributed by atoms with E-state index in [-0.39, 0.29) is 11.9 Å². The molecule has 19 heavy (non-hydrogen) atoms. The lowest BCUT2D eigenvalue weighted by Crippen LogP contribution is -2.28. The molecule has 2 heterocycles. The summed E-state index contributed by atoms with van der Waals surface area (Å²) in [5.74, 6) is -0.0860. The number of nitrogens with zero attached hydrogens (tertiary/aromatic N) is 1. The van der Waals surface area contributed by atoms with E-state index < -0.39 is 0 Å². The van der Waals surface area contributed by atoms with Gasteiger partial charge >= 0.3 is 0 Å². The minimum Gasteiger partial charge on any atom is -0.397 e. The number of hydrogen-bond donors (Lipinski definition) is 2. The van der Waals surface area contributed by atoms with Gasteiger partial charge in [-0.15, -0.1) is 11.3 Å². The summed E-state index contributed by atoms with van der Waals surface area (Å²) in [7, 11) is 0. The van der Waals surface area contributed by atoms with Gasteiger partial charge in [0.25, 0.3) is 5.91 Å². The van der Waals surface area contributed by atoms with E-state index in [1.807, 2.05) is 18.4 Å². The Morgan fingerprint density at radius 2 is 2.26 bits per heavy atom. The van der Waals surface area contributed by atoms with Crippen LogP contribution in [0.3, 0.4) is 0 Å². The van der Waals surface area contributed by atoms with Gasteiger partial charge in [0, 0.05) is 22.5 Å². The van der Waals surface area contributed by atoms with Crippen molar-refractivity contribution in [3.8, 4) is 0 Å². The first kappa shape index (κ1) is 13.7. The van der Waals surface area contributed by atoms with Gasteiger partial charge in [-0.3, -0.25) is 4.79 Å². The van der Waals surface area contributed by atoms with Gasteiger partial charge in [-0.25, -0.2) is 0 Å². The Morgan fingerprint density at radius 1 is 1.53 bits per heavy atom. The fourth-order valence-corrected chi connectivity index (χ4v) is 2.89. The second kappa shape index (κ2) is 5.48. The average Bonchev–Trinajstić information content (AvgIpc) is 2.95. The number of amides is 1. The van der Waals surface area contributed by atoms with Crippen molar-refractivity contribution in [3.05, 3.63) is 39.8 Å².